The van der Waals surface area contributed by atoms with E-state index in [-0.39, 0.29) is 5.54 Å². The van der Waals surface area contributed by atoms with Crippen LogP contribution < -0.4 is 10.6 Å². The van der Waals surface area contributed by atoms with E-state index < -0.39 is 0 Å². The third-order valence-corrected chi connectivity index (χ3v) is 4.60. The van der Waals surface area contributed by atoms with Gasteiger partial charge in [-0.1, -0.05) is 11.6 Å². The second-order valence-corrected chi connectivity index (χ2v) is 6.24. The molecule has 100 valence electrons. The first-order valence-corrected chi connectivity index (χ1v) is 7.08. The fourth-order valence-corrected chi connectivity index (χ4v) is 3.42. The monoisotopic (exact) mass is 266 g/mol. The van der Waals surface area contributed by atoms with Crippen LogP contribution in [-0.2, 0) is 0 Å². The van der Waals surface area contributed by atoms with Gasteiger partial charge in [-0.2, -0.15) is 0 Å². The van der Waals surface area contributed by atoms with E-state index in [1.807, 2.05) is 12.1 Å². The highest BCUT2D eigenvalue weighted by Gasteiger charge is 2.40. The van der Waals surface area contributed by atoms with Crippen molar-refractivity contribution in [1.82, 2.24) is 0 Å². The minimum Gasteiger partial charge on any atom is -0.366 e. The van der Waals surface area contributed by atoms with E-state index in [0.717, 1.165) is 24.5 Å². The molecule has 0 aliphatic carbocycles. The zero-order valence-electron chi connectivity index (χ0n) is 11.5. The summed E-state index contributed by atoms with van der Waals surface area (Å²) in [6.07, 6.45) is 2.34. The van der Waals surface area contributed by atoms with Crippen molar-refractivity contribution in [2.24, 2.45) is 11.7 Å². The van der Waals surface area contributed by atoms with Crippen LogP contribution in [0, 0.1) is 12.8 Å². The molecule has 1 saturated heterocycles. The van der Waals surface area contributed by atoms with Gasteiger partial charge in [-0.15, -0.1) is 0 Å². The highest BCUT2D eigenvalue weighted by atomic mass is 35.5. The number of aryl methyl sites for hydroxylation is 1. The second-order valence-electron chi connectivity index (χ2n) is 5.80. The Morgan fingerprint density at radius 1 is 1.44 bits per heavy atom. The topological polar surface area (TPSA) is 29.3 Å². The lowest BCUT2D eigenvalue weighted by molar-refractivity contribution is 0.348. The lowest BCUT2D eigenvalue weighted by atomic mass is 9.85. The first kappa shape index (κ1) is 13.7. The number of hydrogen-bond donors (Lipinski definition) is 1. The molecule has 1 aliphatic rings. The Labute approximate surface area is 115 Å². The summed E-state index contributed by atoms with van der Waals surface area (Å²) in [5.74, 6) is 0.678. The van der Waals surface area contributed by atoms with Crippen LogP contribution in [0.4, 0.5) is 5.69 Å². The molecule has 1 aliphatic heterocycles. The number of rotatable bonds is 3. The van der Waals surface area contributed by atoms with Crippen LogP contribution in [0.25, 0.3) is 0 Å². The molecule has 3 heteroatoms. The molecule has 1 fully saturated rings. The molecule has 0 bridgehead atoms. The van der Waals surface area contributed by atoms with Crippen molar-refractivity contribution in [1.29, 1.82) is 0 Å². The lowest BCUT2D eigenvalue weighted by Gasteiger charge is -2.38. The van der Waals surface area contributed by atoms with Crippen molar-refractivity contribution in [2.75, 3.05) is 18.0 Å². The van der Waals surface area contributed by atoms with E-state index in [9.17, 15) is 0 Å². The van der Waals surface area contributed by atoms with Gasteiger partial charge in [-0.3, -0.25) is 0 Å². The van der Waals surface area contributed by atoms with Crippen molar-refractivity contribution < 1.29 is 0 Å². The number of benzene rings is 1. The third kappa shape index (κ3) is 2.36. The first-order chi connectivity index (χ1) is 8.46. The number of nitrogens with zero attached hydrogens (tertiary/aromatic N) is 1. The lowest BCUT2D eigenvalue weighted by Crippen LogP contribution is -2.43. The molecule has 2 N–H and O–H groups in total. The Bertz CT molecular complexity index is 429. The second kappa shape index (κ2) is 5.10. The molecular formula is C15H23ClN2. The molecule has 0 saturated carbocycles. The van der Waals surface area contributed by atoms with Gasteiger partial charge in [0.1, 0.15) is 0 Å². The van der Waals surface area contributed by atoms with Crippen molar-refractivity contribution in [3.8, 4) is 0 Å². The minimum absolute atomic E-state index is 0.179. The smallest absolute Gasteiger partial charge is 0.0410 e. The van der Waals surface area contributed by atoms with Gasteiger partial charge >= 0.3 is 0 Å². The van der Waals surface area contributed by atoms with Crippen LogP contribution in [0.15, 0.2) is 18.2 Å². The third-order valence-electron chi connectivity index (χ3n) is 4.36. The summed E-state index contributed by atoms with van der Waals surface area (Å²) in [5.41, 5.74) is 8.47. The standard InChI is InChI=1S/C15H23ClN2/c1-11-10-13(16)4-5-14(11)18-9-7-12(6-8-17)15(18,2)3/h4-5,10,12H,6-9,17H2,1-3H3. The molecule has 0 spiro atoms. The van der Waals surface area contributed by atoms with Crippen LogP contribution in [-0.4, -0.2) is 18.6 Å². The summed E-state index contributed by atoms with van der Waals surface area (Å²) in [6, 6.07) is 6.17. The van der Waals surface area contributed by atoms with Crippen molar-refractivity contribution in [2.45, 2.75) is 39.2 Å². The van der Waals surface area contributed by atoms with Crippen LogP contribution in [0.1, 0.15) is 32.3 Å². The highest BCUT2D eigenvalue weighted by molar-refractivity contribution is 6.30. The van der Waals surface area contributed by atoms with Crippen LogP contribution in [0.2, 0.25) is 5.02 Å². The molecule has 1 aromatic rings. The van der Waals surface area contributed by atoms with Crippen LogP contribution >= 0.6 is 11.6 Å². The molecular weight excluding hydrogens is 244 g/mol. The number of anilines is 1. The molecule has 18 heavy (non-hydrogen) atoms. The molecule has 1 aromatic carbocycles. The van der Waals surface area contributed by atoms with Gasteiger partial charge in [-0.25, -0.2) is 0 Å². The molecule has 2 rings (SSSR count). The van der Waals surface area contributed by atoms with Crippen LogP contribution in [0.5, 0.6) is 0 Å². The average molecular weight is 267 g/mol. The fourth-order valence-electron chi connectivity index (χ4n) is 3.20. The number of halogens is 1. The Balaban J connectivity index is 2.29. The molecule has 0 aromatic heterocycles. The summed E-state index contributed by atoms with van der Waals surface area (Å²) in [5, 5.41) is 0.812. The van der Waals surface area contributed by atoms with E-state index in [2.05, 4.69) is 31.7 Å². The summed E-state index contributed by atoms with van der Waals surface area (Å²) in [4.78, 5) is 2.51. The van der Waals surface area contributed by atoms with E-state index in [1.54, 1.807) is 0 Å². The first-order valence-electron chi connectivity index (χ1n) is 6.70. The molecule has 1 unspecified atom stereocenters. The summed E-state index contributed by atoms with van der Waals surface area (Å²) >= 11 is 6.04. The number of hydrogen-bond acceptors (Lipinski definition) is 2. The van der Waals surface area contributed by atoms with E-state index in [0.29, 0.717) is 5.92 Å². The van der Waals surface area contributed by atoms with Crippen LogP contribution in [0.3, 0.4) is 0 Å². The SMILES string of the molecule is Cc1cc(Cl)ccc1N1CCC(CCN)C1(C)C. The Morgan fingerprint density at radius 2 is 2.17 bits per heavy atom. The van der Waals surface area contributed by atoms with E-state index in [1.165, 1.54) is 17.7 Å². The van der Waals surface area contributed by atoms with Gasteiger partial charge in [-0.05, 0) is 69.8 Å². The highest BCUT2D eigenvalue weighted by Crippen LogP contribution is 2.41. The van der Waals surface area contributed by atoms with E-state index >= 15 is 0 Å². The maximum absolute atomic E-state index is 6.04. The predicted octanol–water partition coefficient (Wildman–Crippen LogP) is 3.60. The molecule has 0 radical (unpaired) electrons. The molecule has 1 heterocycles. The Hall–Kier alpha value is -0.730. The van der Waals surface area contributed by atoms with Crippen molar-refractivity contribution in [3.05, 3.63) is 28.8 Å². The molecule has 2 nitrogen and oxygen atoms in total. The quantitative estimate of drug-likeness (QED) is 0.906. The Kier molecular flexibility index (Phi) is 3.88. The average Bonchev–Trinajstić information content (AvgIpc) is 2.56. The fraction of sp³-hybridized carbons (Fsp3) is 0.600. The van der Waals surface area contributed by atoms with E-state index in [4.69, 9.17) is 17.3 Å². The van der Waals surface area contributed by atoms with Gasteiger partial charge in [0.05, 0.1) is 0 Å². The zero-order valence-corrected chi connectivity index (χ0v) is 12.3. The number of nitrogens with two attached hydrogens (primary N) is 1. The Morgan fingerprint density at radius 3 is 2.78 bits per heavy atom. The maximum atomic E-state index is 6.04. The van der Waals surface area contributed by atoms with Crippen molar-refractivity contribution in [3.63, 3.8) is 0 Å². The van der Waals surface area contributed by atoms with Gasteiger partial charge in [0.15, 0.2) is 0 Å². The maximum Gasteiger partial charge on any atom is 0.0410 e. The van der Waals surface area contributed by atoms with Gasteiger partial charge in [0.25, 0.3) is 0 Å². The summed E-state index contributed by atoms with van der Waals surface area (Å²) < 4.78 is 0. The zero-order chi connectivity index (χ0) is 13.3. The van der Waals surface area contributed by atoms with Gasteiger partial charge in [0, 0.05) is 22.8 Å². The normalized spacial score (nSPS) is 22.5. The minimum atomic E-state index is 0.179. The van der Waals surface area contributed by atoms with Gasteiger partial charge in [0.2, 0.25) is 0 Å². The molecule has 1 atom stereocenters. The summed E-state index contributed by atoms with van der Waals surface area (Å²) in [7, 11) is 0. The largest absolute Gasteiger partial charge is 0.366 e. The summed E-state index contributed by atoms with van der Waals surface area (Å²) in [6.45, 7) is 8.68. The van der Waals surface area contributed by atoms with Crippen molar-refractivity contribution >= 4 is 17.3 Å². The predicted molar refractivity (Wildman–Crippen MR) is 79.4 cm³/mol. The molecule has 0 amide bonds. The van der Waals surface area contributed by atoms with Gasteiger partial charge < -0.3 is 10.6 Å².